The van der Waals surface area contributed by atoms with Crippen molar-refractivity contribution >= 4 is 5.97 Å². The molecule has 2 aliphatic rings. The van der Waals surface area contributed by atoms with Crippen molar-refractivity contribution < 1.29 is 38.0 Å². The maximum atomic E-state index is 12.4. The van der Waals surface area contributed by atoms with Gasteiger partial charge in [-0.2, -0.15) is 0 Å². The monoisotopic (exact) mass is 555 g/mol. The highest BCUT2D eigenvalue weighted by Gasteiger charge is 2.43. The van der Waals surface area contributed by atoms with E-state index in [0.717, 1.165) is 40.9 Å². The lowest BCUT2D eigenvalue weighted by Gasteiger charge is -2.22. The van der Waals surface area contributed by atoms with Crippen LogP contribution in [0.1, 0.15) is 52.9 Å². The standard InChI is InChI=1S/C23H29NO4.C8H6F2O2/c1-16-13-18(9-10-20(16)23(26)27)22-8-4-3-7-21(22)17(2)28-15-19(25)14-24-11-5-6-12-24;1-5-2-3-6-7(4-5)12-8(9,10)11-6/h3-4,7-10,13,17,19,25H,5-6,11-12,14-15H2,1-2H3,(H,26,27);2-4H,1H3. The number of likely N-dealkylation sites (tertiary alicyclic amines) is 1. The largest absolute Gasteiger partial charge is 0.586 e. The summed E-state index contributed by atoms with van der Waals surface area (Å²) in [5.41, 5.74) is 4.91. The number of aliphatic hydroxyl groups excluding tert-OH is 1. The Morgan fingerprint density at radius 3 is 2.42 bits per heavy atom. The van der Waals surface area contributed by atoms with Crippen LogP contribution in [0.2, 0.25) is 0 Å². The molecule has 1 fully saturated rings. The highest BCUT2D eigenvalue weighted by Crippen LogP contribution is 2.41. The minimum Gasteiger partial charge on any atom is -0.478 e. The van der Waals surface area contributed by atoms with Gasteiger partial charge >= 0.3 is 12.3 Å². The fraction of sp³-hybridized carbons (Fsp3) is 0.387. The normalized spacial score (nSPS) is 17.1. The van der Waals surface area contributed by atoms with E-state index in [-0.39, 0.29) is 17.6 Å². The minimum absolute atomic E-state index is 0.0885. The maximum absolute atomic E-state index is 12.4. The van der Waals surface area contributed by atoms with E-state index in [9.17, 15) is 23.8 Å². The van der Waals surface area contributed by atoms with Gasteiger partial charge in [0.2, 0.25) is 0 Å². The molecule has 0 bridgehead atoms. The maximum Gasteiger partial charge on any atom is 0.586 e. The highest BCUT2D eigenvalue weighted by molar-refractivity contribution is 5.90. The molecule has 2 aliphatic heterocycles. The van der Waals surface area contributed by atoms with Crippen molar-refractivity contribution in [1.82, 2.24) is 4.90 Å². The molecule has 3 aromatic carbocycles. The number of hydrogen-bond acceptors (Lipinski definition) is 6. The Morgan fingerprint density at radius 1 is 1.02 bits per heavy atom. The molecule has 0 aromatic heterocycles. The summed E-state index contributed by atoms with van der Waals surface area (Å²) in [7, 11) is 0. The molecular weight excluding hydrogens is 520 g/mol. The van der Waals surface area contributed by atoms with Crippen LogP contribution >= 0.6 is 0 Å². The summed E-state index contributed by atoms with van der Waals surface area (Å²) in [6.07, 6.45) is -1.76. The van der Waals surface area contributed by atoms with Crippen LogP contribution in [-0.4, -0.2) is 59.7 Å². The summed E-state index contributed by atoms with van der Waals surface area (Å²) in [6.45, 7) is 8.65. The van der Waals surface area contributed by atoms with Gasteiger partial charge in [-0.25, -0.2) is 4.79 Å². The Hall–Kier alpha value is -3.53. The Morgan fingerprint density at radius 2 is 1.73 bits per heavy atom. The lowest BCUT2D eigenvalue weighted by Crippen LogP contribution is -2.33. The molecule has 2 heterocycles. The second kappa shape index (κ2) is 12.8. The first-order valence-corrected chi connectivity index (χ1v) is 13.3. The van der Waals surface area contributed by atoms with Gasteiger partial charge < -0.3 is 29.3 Å². The van der Waals surface area contributed by atoms with Crippen molar-refractivity contribution in [3.05, 3.63) is 82.9 Å². The number of hydrogen-bond donors (Lipinski definition) is 2. The molecule has 5 rings (SSSR count). The number of β-amino-alcohol motifs (C(OH)–C–C–N with tert-alkyl or cyclic N) is 1. The SMILES string of the molecule is Cc1cc(-c2ccccc2C(C)OCC(O)CN2CCCC2)ccc1C(=O)O.Cc1ccc2c(c1)OC(F)(F)O2. The second-order valence-corrected chi connectivity index (χ2v) is 10.2. The first-order chi connectivity index (χ1) is 19.0. The van der Waals surface area contributed by atoms with Gasteiger partial charge in [-0.3, -0.25) is 0 Å². The van der Waals surface area contributed by atoms with Crippen LogP contribution in [0, 0.1) is 13.8 Å². The molecule has 40 heavy (non-hydrogen) atoms. The van der Waals surface area contributed by atoms with Gasteiger partial charge in [0.15, 0.2) is 11.5 Å². The summed E-state index contributed by atoms with van der Waals surface area (Å²) in [4.78, 5) is 13.5. The fourth-order valence-electron chi connectivity index (χ4n) is 4.90. The van der Waals surface area contributed by atoms with E-state index in [1.54, 1.807) is 19.1 Å². The molecule has 0 aliphatic carbocycles. The topological polar surface area (TPSA) is 88.5 Å². The first-order valence-electron chi connectivity index (χ1n) is 13.3. The van der Waals surface area contributed by atoms with Crippen molar-refractivity contribution in [2.45, 2.75) is 52.1 Å². The molecule has 214 valence electrons. The van der Waals surface area contributed by atoms with Crippen LogP contribution in [0.15, 0.2) is 60.7 Å². The Labute approximate surface area is 232 Å². The van der Waals surface area contributed by atoms with Crippen molar-refractivity contribution in [2.75, 3.05) is 26.2 Å². The predicted molar refractivity (Wildman–Crippen MR) is 147 cm³/mol. The molecule has 2 N–H and O–H groups in total. The number of ether oxygens (including phenoxy) is 3. The van der Waals surface area contributed by atoms with Gasteiger partial charge in [0.25, 0.3) is 0 Å². The average molecular weight is 556 g/mol. The van der Waals surface area contributed by atoms with E-state index in [0.29, 0.717) is 18.7 Å². The number of carboxylic acids is 1. The summed E-state index contributed by atoms with van der Waals surface area (Å²) >= 11 is 0. The molecule has 1 saturated heterocycles. The summed E-state index contributed by atoms with van der Waals surface area (Å²) in [6, 6.07) is 18.0. The van der Waals surface area contributed by atoms with Gasteiger partial charge in [0.1, 0.15) is 0 Å². The lowest BCUT2D eigenvalue weighted by molar-refractivity contribution is -0.286. The van der Waals surface area contributed by atoms with Crippen LogP contribution in [0.4, 0.5) is 8.78 Å². The van der Waals surface area contributed by atoms with E-state index in [1.165, 1.54) is 25.0 Å². The quantitative estimate of drug-likeness (QED) is 0.342. The third-order valence-electron chi connectivity index (χ3n) is 6.93. The number of fused-ring (bicyclic) bond motifs is 1. The van der Waals surface area contributed by atoms with Gasteiger partial charge in [0.05, 0.1) is 24.4 Å². The van der Waals surface area contributed by atoms with E-state index in [4.69, 9.17) is 4.74 Å². The highest BCUT2D eigenvalue weighted by atomic mass is 19.3. The number of aromatic carboxylic acids is 1. The molecule has 9 heteroatoms. The predicted octanol–water partition coefficient (Wildman–Crippen LogP) is 6.21. The van der Waals surface area contributed by atoms with E-state index < -0.39 is 18.4 Å². The molecule has 2 atom stereocenters. The molecule has 0 radical (unpaired) electrons. The van der Waals surface area contributed by atoms with Crippen LogP contribution in [0.25, 0.3) is 11.1 Å². The molecule has 2 unspecified atom stereocenters. The molecule has 0 saturated carbocycles. The number of rotatable bonds is 8. The van der Waals surface area contributed by atoms with E-state index >= 15 is 0 Å². The van der Waals surface area contributed by atoms with E-state index in [2.05, 4.69) is 14.4 Å². The van der Waals surface area contributed by atoms with Crippen molar-refractivity contribution in [1.29, 1.82) is 0 Å². The number of aliphatic hydroxyl groups is 1. The molecule has 0 spiro atoms. The number of aryl methyl sites for hydroxylation is 2. The number of carboxylic acid groups (broad SMARTS) is 1. The number of nitrogens with zero attached hydrogens (tertiary/aromatic N) is 1. The first kappa shape index (κ1) is 29.5. The average Bonchev–Trinajstić information content (AvgIpc) is 3.52. The fourth-order valence-corrected chi connectivity index (χ4v) is 4.90. The molecule has 3 aromatic rings. The zero-order valence-electron chi connectivity index (χ0n) is 22.9. The number of carbonyl (C=O) groups is 1. The Bertz CT molecular complexity index is 1320. The Balaban J connectivity index is 0.000000255. The lowest BCUT2D eigenvalue weighted by atomic mass is 9.94. The van der Waals surface area contributed by atoms with E-state index in [1.807, 2.05) is 50.2 Å². The number of benzene rings is 3. The smallest absolute Gasteiger partial charge is 0.478 e. The zero-order chi connectivity index (χ0) is 28.9. The third kappa shape index (κ3) is 7.56. The minimum atomic E-state index is -3.50. The van der Waals surface area contributed by atoms with Crippen molar-refractivity contribution in [2.24, 2.45) is 0 Å². The van der Waals surface area contributed by atoms with Crippen LogP contribution < -0.4 is 9.47 Å². The van der Waals surface area contributed by atoms with Crippen molar-refractivity contribution in [3.8, 4) is 22.6 Å². The summed E-state index contributed by atoms with van der Waals surface area (Å²) in [5, 5.41) is 19.5. The summed E-state index contributed by atoms with van der Waals surface area (Å²) < 4.78 is 39.2. The molecule has 0 amide bonds. The van der Waals surface area contributed by atoms with Crippen LogP contribution in [-0.2, 0) is 4.74 Å². The Kier molecular flexibility index (Phi) is 9.40. The number of alkyl halides is 2. The second-order valence-electron chi connectivity index (χ2n) is 10.2. The van der Waals surface area contributed by atoms with Gasteiger partial charge in [-0.15, -0.1) is 8.78 Å². The van der Waals surface area contributed by atoms with Crippen molar-refractivity contribution in [3.63, 3.8) is 0 Å². The summed E-state index contributed by atoms with van der Waals surface area (Å²) in [5.74, 6) is -0.730. The third-order valence-corrected chi connectivity index (χ3v) is 6.93. The van der Waals surface area contributed by atoms with Crippen LogP contribution in [0.3, 0.4) is 0 Å². The molecular formula is C31H35F2NO6. The van der Waals surface area contributed by atoms with Gasteiger partial charge in [0, 0.05) is 6.54 Å². The van der Waals surface area contributed by atoms with Gasteiger partial charge in [-0.05, 0) is 92.7 Å². The van der Waals surface area contributed by atoms with Crippen LogP contribution in [0.5, 0.6) is 11.5 Å². The van der Waals surface area contributed by atoms with Gasteiger partial charge in [-0.1, -0.05) is 42.5 Å². The zero-order valence-corrected chi connectivity index (χ0v) is 22.9. The molecule has 7 nitrogen and oxygen atoms in total. The number of halogens is 2.